The van der Waals surface area contributed by atoms with Gasteiger partial charge in [-0.1, -0.05) is 43.9 Å². The number of amides is 1. The average Bonchev–Trinajstić information content (AvgIpc) is 3.35. The Hall–Kier alpha value is -3.86. The summed E-state index contributed by atoms with van der Waals surface area (Å²) in [6.07, 6.45) is 3.20. The molecule has 3 aromatic rings. The zero-order chi connectivity index (χ0) is 30.4. The topological polar surface area (TPSA) is 83.4 Å². The second kappa shape index (κ2) is 13.6. The number of allylic oxidation sites excluding steroid dienone is 1. The van der Waals surface area contributed by atoms with Gasteiger partial charge >= 0.3 is 0 Å². The summed E-state index contributed by atoms with van der Waals surface area (Å²) in [6, 6.07) is 19.4. The van der Waals surface area contributed by atoms with Crippen LogP contribution in [0.15, 0.2) is 71.7 Å². The lowest BCUT2D eigenvalue weighted by Gasteiger charge is -2.34. The minimum atomic E-state index is -1.21. The number of aromatic nitrogens is 1. The first-order valence-corrected chi connectivity index (χ1v) is 18.8. The van der Waals surface area contributed by atoms with Crippen molar-refractivity contribution in [1.29, 1.82) is 0 Å². The third-order valence-electron chi connectivity index (χ3n) is 7.68. The minimum absolute atomic E-state index is 0.185. The maximum Gasteiger partial charge on any atom is 0.248 e. The SMILES string of the molecule is CC=CC(=O)Nc1cccc(OC2=NCNc3c2cc(-c2ccc(N4CCN(C)CC4)cc2)n3COCC[Si](C)(C)C)c1. The molecule has 0 atom stereocenters. The molecule has 0 saturated carbocycles. The Labute approximate surface area is 256 Å². The third-order valence-corrected chi connectivity index (χ3v) is 9.38. The van der Waals surface area contributed by atoms with Crippen molar-refractivity contribution < 1.29 is 14.3 Å². The molecule has 0 spiro atoms. The fraction of sp³-hybridized carbons (Fsp3) is 0.394. The number of nitrogens with zero attached hydrogens (tertiary/aromatic N) is 4. The van der Waals surface area contributed by atoms with E-state index in [1.807, 2.05) is 25.1 Å². The molecule has 0 bridgehead atoms. The molecule has 2 aliphatic rings. The van der Waals surface area contributed by atoms with Crippen LogP contribution in [0.1, 0.15) is 12.5 Å². The number of fused-ring (bicyclic) bond motifs is 1. The summed E-state index contributed by atoms with van der Waals surface area (Å²) in [4.78, 5) is 21.5. The zero-order valence-corrected chi connectivity index (χ0v) is 27.0. The maximum atomic E-state index is 12.1. The van der Waals surface area contributed by atoms with Crippen LogP contribution in [0.4, 0.5) is 17.2 Å². The highest BCUT2D eigenvalue weighted by molar-refractivity contribution is 6.76. The lowest BCUT2D eigenvalue weighted by molar-refractivity contribution is -0.111. The van der Waals surface area contributed by atoms with Gasteiger partial charge in [0, 0.05) is 58.3 Å². The number of rotatable bonds is 10. The van der Waals surface area contributed by atoms with Crippen LogP contribution in [0.5, 0.6) is 5.75 Å². The average molecular weight is 601 g/mol. The zero-order valence-electron chi connectivity index (χ0n) is 26.0. The Balaban J connectivity index is 1.41. The van der Waals surface area contributed by atoms with Gasteiger partial charge in [0.05, 0.1) is 11.3 Å². The summed E-state index contributed by atoms with van der Waals surface area (Å²) in [7, 11) is 0.964. The van der Waals surface area contributed by atoms with E-state index >= 15 is 0 Å². The molecule has 0 aliphatic carbocycles. The van der Waals surface area contributed by atoms with E-state index in [1.54, 1.807) is 12.1 Å². The van der Waals surface area contributed by atoms with Crippen molar-refractivity contribution in [3.63, 3.8) is 0 Å². The number of likely N-dealkylation sites (N-methyl/N-ethyl adjacent to an activating group) is 1. The van der Waals surface area contributed by atoms with Crippen molar-refractivity contribution in [2.75, 3.05) is 62.0 Å². The molecule has 43 heavy (non-hydrogen) atoms. The number of hydrogen-bond acceptors (Lipinski definition) is 7. The summed E-state index contributed by atoms with van der Waals surface area (Å²) in [5, 5.41) is 6.32. The van der Waals surface area contributed by atoms with Gasteiger partial charge in [-0.3, -0.25) is 4.79 Å². The highest BCUT2D eigenvalue weighted by Gasteiger charge is 2.25. The van der Waals surface area contributed by atoms with E-state index < -0.39 is 8.07 Å². The fourth-order valence-corrected chi connectivity index (χ4v) is 5.92. The van der Waals surface area contributed by atoms with Crippen molar-refractivity contribution in [2.45, 2.75) is 39.3 Å². The van der Waals surface area contributed by atoms with Crippen LogP contribution in [0.2, 0.25) is 25.7 Å². The van der Waals surface area contributed by atoms with Crippen LogP contribution >= 0.6 is 0 Å². The summed E-state index contributed by atoms with van der Waals surface area (Å²) < 4.78 is 14.8. The van der Waals surface area contributed by atoms with Gasteiger partial charge in [0.15, 0.2) is 0 Å². The summed E-state index contributed by atoms with van der Waals surface area (Å²) in [5.74, 6) is 1.87. The molecule has 2 aliphatic heterocycles. The second-order valence-electron chi connectivity index (χ2n) is 12.3. The van der Waals surface area contributed by atoms with Gasteiger partial charge in [-0.2, -0.15) is 0 Å². The number of benzene rings is 2. The maximum absolute atomic E-state index is 12.1. The van der Waals surface area contributed by atoms with E-state index in [0.29, 0.717) is 30.7 Å². The normalized spacial score (nSPS) is 15.7. The second-order valence-corrected chi connectivity index (χ2v) is 17.9. The molecule has 0 unspecified atom stereocenters. The van der Waals surface area contributed by atoms with Gasteiger partial charge in [-0.15, -0.1) is 0 Å². The highest BCUT2D eigenvalue weighted by atomic mass is 28.3. The van der Waals surface area contributed by atoms with Crippen molar-refractivity contribution in [2.24, 2.45) is 4.99 Å². The molecule has 228 valence electrons. The number of anilines is 3. The monoisotopic (exact) mass is 600 g/mol. The standard InChI is InChI=1S/C33H44N6O3Si/c1-6-8-31(40)36-26-9-7-10-28(21-26)42-33-29-22-30(25-11-13-27(14-12-25)38-17-15-37(2)16-18-38)39(32(29)34-23-35-33)24-41-19-20-43(3,4)5/h6-14,21-22,34H,15-20,23-24H2,1-5H3,(H,36,40). The van der Waals surface area contributed by atoms with Crippen molar-refractivity contribution in [1.82, 2.24) is 9.47 Å². The first-order valence-electron chi connectivity index (χ1n) is 15.1. The molecule has 5 rings (SSSR count). The summed E-state index contributed by atoms with van der Waals surface area (Å²) >= 11 is 0. The molecule has 1 aromatic heterocycles. The van der Waals surface area contributed by atoms with E-state index in [9.17, 15) is 4.79 Å². The number of aliphatic imine (C=N–C) groups is 1. The predicted molar refractivity (Wildman–Crippen MR) is 179 cm³/mol. The van der Waals surface area contributed by atoms with E-state index in [1.165, 1.54) is 11.8 Å². The third kappa shape index (κ3) is 7.95. The summed E-state index contributed by atoms with van der Waals surface area (Å²) in [5.41, 5.74) is 4.93. The highest BCUT2D eigenvalue weighted by Crippen LogP contribution is 2.34. The van der Waals surface area contributed by atoms with Gasteiger partial charge in [-0.05, 0) is 62.0 Å². The molecule has 0 radical (unpaired) electrons. The molecule has 10 heteroatoms. The van der Waals surface area contributed by atoms with Gasteiger partial charge in [-0.25, -0.2) is 4.99 Å². The Bertz CT molecular complexity index is 1470. The van der Waals surface area contributed by atoms with Gasteiger partial charge in [0.1, 0.15) is 25.0 Å². The number of piperazine rings is 1. The van der Waals surface area contributed by atoms with E-state index in [4.69, 9.17) is 9.47 Å². The molecule has 1 saturated heterocycles. The lowest BCUT2D eigenvalue weighted by atomic mass is 10.1. The molecule has 9 nitrogen and oxygen atoms in total. The van der Waals surface area contributed by atoms with E-state index in [0.717, 1.165) is 61.5 Å². The Morgan fingerprint density at radius 1 is 1.07 bits per heavy atom. The van der Waals surface area contributed by atoms with Gasteiger partial charge < -0.3 is 34.5 Å². The largest absolute Gasteiger partial charge is 0.438 e. The number of ether oxygens (including phenoxy) is 2. The molecule has 1 amide bonds. The van der Waals surface area contributed by atoms with Gasteiger partial charge in [0.25, 0.3) is 0 Å². The Morgan fingerprint density at radius 3 is 2.56 bits per heavy atom. The van der Waals surface area contributed by atoms with Crippen LogP contribution in [0, 0.1) is 0 Å². The number of nitrogens with one attached hydrogen (secondary N) is 2. The van der Waals surface area contributed by atoms with Crippen LogP contribution < -0.4 is 20.3 Å². The minimum Gasteiger partial charge on any atom is -0.438 e. The molecular weight excluding hydrogens is 556 g/mol. The lowest BCUT2D eigenvalue weighted by Crippen LogP contribution is -2.44. The van der Waals surface area contributed by atoms with Crippen LogP contribution in [-0.4, -0.2) is 75.8 Å². The van der Waals surface area contributed by atoms with Gasteiger partial charge in [0.2, 0.25) is 11.8 Å². The quantitative estimate of drug-likeness (QED) is 0.170. The predicted octanol–water partition coefficient (Wildman–Crippen LogP) is 5.94. The van der Waals surface area contributed by atoms with Crippen molar-refractivity contribution in [3.05, 3.63) is 72.3 Å². The number of carbonyl (C=O) groups excluding carboxylic acids is 1. The van der Waals surface area contributed by atoms with Crippen LogP contribution in [0.3, 0.4) is 0 Å². The first-order chi connectivity index (χ1) is 20.7. The van der Waals surface area contributed by atoms with Crippen molar-refractivity contribution in [3.8, 4) is 17.0 Å². The van der Waals surface area contributed by atoms with E-state index in [2.05, 4.69) is 87.0 Å². The molecule has 1 fully saturated rings. The van der Waals surface area contributed by atoms with Crippen LogP contribution in [-0.2, 0) is 16.3 Å². The number of carbonyl (C=O) groups is 1. The fourth-order valence-electron chi connectivity index (χ4n) is 5.16. The Morgan fingerprint density at radius 2 is 1.84 bits per heavy atom. The van der Waals surface area contributed by atoms with E-state index in [-0.39, 0.29) is 5.91 Å². The van der Waals surface area contributed by atoms with Crippen LogP contribution in [0.25, 0.3) is 11.3 Å². The summed E-state index contributed by atoms with van der Waals surface area (Å²) in [6.45, 7) is 14.7. The van der Waals surface area contributed by atoms with Crippen molar-refractivity contribution >= 4 is 37.1 Å². The Kier molecular flexibility index (Phi) is 9.69. The number of hydrogen-bond donors (Lipinski definition) is 2. The molecular formula is C33H44N6O3Si. The smallest absolute Gasteiger partial charge is 0.248 e. The first kappa shape index (κ1) is 30.6. The molecule has 2 aromatic carbocycles. The molecule has 3 heterocycles. The molecule has 2 N–H and O–H groups in total.